The fourth-order valence-electron chi connectivity index (χ4n) is 6.73. The molecule has 0 radical (unpaired) electrons. The minimum Gasteiger partial charge on any atom is -0.471 e. The largest absolute Gasteiger partial charge is 0.471 e. The summed E-state index contributed by atoms with van der Waals surface area (Å²) in [5.41, 5.74) is 12.5. The van der Waals surface area contributed by atoms with Crippen molar-refractivity contribution >= 4 is 46.8 Å². The predicted octanol–water partition coefficient (Wildman–Crippen LogP) is 15.2. The van der Waals surface area contributed by atoms with Gasteiger partial charge in [-0.25, -0.2) is 14.8 Å². The number of nitrogens with zero attached hydrogens (tertiary/aromatic N) is 2. The first kappa shape index (κ1) is 78.3. The van der Waals surface area contributed by atoms with Crippen molar-refractivity contribution in [1.82, 2.24) is 4.84 Å². The number of ether oxygens (including phenoxy) is 4. The lowest BCUT2D eigenvalue weighted by Gasteiger charge is -2.16. The first-order valence-corrected chi connectivity index (χ1v) is 27.7. The van der Waals surface area contributed by atoms with Crippen LogP contribution in [-0.4, -0.2) is 90.3 Å². The van der Waals surface area contributed by atoms with Crippen molar-refractivity contribution in [2.24, 2.45) is 15.7 Å². The maximum absolute atomic E-state index is 9.50. The highest BCUT2D eigenvalue weighted by Crippen LogP contribution is 2.30. The van der Waals surface area contributed by atoms with Crippen LogP contribution in [0.2, 0.25) is 0 Å². The number of hydrogen-bond donors (Lipinski definition) is 5. The molecule has 0 spiro atoms. The van der Waals surface area contributed by atoms with Gasteiger partial charge in [0.25, 0.3) is 0 Å². The summed E-state index contributed by atoms with van der Waals surface area (Å²) >= 11 is 14.7. The lowest BCUT2D eigenvalue weighted by Crippen LogP contribution is -2.31. The second-order valence-electron chi connectivity index (χ2n) is 16.3. The molecule has 0 saturated carbocycles. The summed E-state index contributed by atoms with van der Waals surface area (Å²) < 4.78 is 21.3. The van der Waals surface area contributed by atoms with E-state index >= 15 is 0 Å². The highest BCUT2D eigenvalue weighted by atomic mass is 35.5. The number of nitrogens with one attached hydrogen (secondary N) is 1. The van der Waals surface area contributed by atoms with Crippen LogP contribution < -0.4 is 10.6 Å². The Balaban J connectivity index is -0.000000858. The van der Waals surface area contributed by atoms with Gasteiger partial charge in [0.1, 0.15) is 30.5 Å². The number of rotatable bonds is 13. The van der Waals surface area contributed by atoms with Crippen molar-refractivity contribution in [3.05, 3.63) is 255 Å². The van der Waals surface area contributed by atoms with Gasteiger partial charge in [-0.3, -0.25) is 0 Å². The van der Waals surface area contributed by atoms with Crippen molar-refractivity contribution in [3.63, 3.8) is 0 Å². The van der Waals surface area contributed by atoms with Gasteiger partial charge in [-0.05, 0) is 73.2 Å². The number of halogens is 3. The van der Waals surface area contributed by atoms with E-state index in [0.717, 1.165) is 35.4 Å². The SMILES string of the molecule is C=C.C=C.C=C.CC1=NC(CO)C(c2ccccc2)O1.CCOC(C)NCl.CCc1ccccc1.CCc1ccccc1.COCC1N=C(C)OC1c1ccccc1.Cc1ccccc1.ClCCl.N[C@@H](CO)[C@H](O)c1ccccc1. The molecular weight excluding hydrogens is 1070 g/mol. The minimum absolute atomic E-state index is 0.00569. The van der Waals surface area contributed by atoms with Crippen LogP contribution in [-0.2, 0) is 31.8 Å². The molecule has 0 aromatic heterocycles. The molecule has 0 amide bonds. The maximum atomic E-state index is 9.50. The first-order valence-electron chi connectivity index (χ1n) is 26.3. The van der Waals surface area contributed by atoms with E-state index < -0.39 is 12.1 Å². The van der Waals surface area contributed by atoms with E-state index in [4.69, 9.17) is 69.9 Å². The number of aliphatic hydroxyl groups is 3. The number of aliphatic imine (C=N–C) groups is 2. The number of benzene rings is 6. The lowest BCUT2D eigenvalue weighted by atomic mass is 10.0. The Morgan fingerprint density at radius 2 is 0.925 bits per heavy atom. The number of nitrogens with two attached hydrogens (primary N) is 1. The van der Waals surface area contributed by atoms with Gasteiger partial charge >= 0.3 is 0 Å². The molecule has 2 aliphatic rings. The smallest absolute Gasteiger partial charge is 0.181 e. The van der Waals surface area contributed by atoms with Gasteiger partial charge < -0.3 is 40.0 Å². The van der Waals surface area contributed by atoms with Crippen LogP contribution >= 0.6 is 35.0 Å². The van der Waals surface area contributed by atoms with Crippen molar-refractivity contribution < 1.29 is 34.3 Å². The van der Waals surface area contributed by atoms with Crippen LogP contribution in [0.3, 0.4) is 0 Å². The molecule has 0 bridgehead atoms. The van der Waals surface area contributed by atoms with E-state index in [1.807, 2.05) is 125 Å². The third-order valence-corrected chi connectivity index (χ3v) is 10.8. The number of aryl methyl sites for hydroxylation is 3. The normalized spacial score (nSPS) is 15.7. The van der Waals surface area contributed by atoms with Crippen LogP contribution in [0, 0.1) is 6.92 Å². The molecule has 11 nitrogen and oxygen atoms in total. The Labute approximate surface area is 496 Å². The Morgan fingerprint density at radius 1 is 0.588 bits per heavy atom. The molecule has 6 aromatic carbocycles. The molecule has 2 aliphatic heterocycles. The molecule has 6 aromatic rings. The number of hydrogen-bond acceptors (Lipinski definition) is 11. The molecule has 440 valence electrons. The zero-order valence-electron chi connectivity index (χ0n) is 48.6. The molecule has 0 saturated heterocycles. The van der Waals surface area contributed by atoms with Crippen molar-refractivity contribution in [2.45, 2.75) is 104 Å². The number of aliphatic hydroxyl groups excluding tert-OH is 3. The fraction of sp³-hybridized carbons (Fsp3) is 0.333. The monoisotopic (exact) mass is 1160 g/mol. The standard InChI is InChI=1S/C12H15NO2.C11H13NO2.C9H13NO2.2C8H10.C7H8.C4H10ClNO.3C2H4.CH2Cl2/c1-9-13-11(8-14-2)12(15-9)10-6-4-3-5-7-10;1-8-12-10(7-13)11(14-8)9-5-3-2-4-6-9;10-8(6-11)9(12)7-4-2-1-3-5-7;2*1-2-8-6-4-3-5-7-8;1-7-5-3-2-4-6-7;1-3-7-4(2)6-5;3*1-2;2-1-3/h3-7,11-12H,8H2,1-2H3;2-6,10-11,13H,7H2,1H3;1-5,8-9,11-12H,6,10H2;2*3-7H,2H2,1H3;2-6H,1H3;4,6H,3H2,1-2H3;3*1-2H2;1H2/t;;8-,9+;;;;;;;;/m..0......../s1. The molecular formula is C66H93Cl3N4O7. The maximum Gasteiger partial charge on any atom is 0.181 e. The molecule has 0 aliphatic carbocycles. The van der Waals surface area contributed by atoms with Crippen molar-refractivity contribution in [2.75, 3.05) is 38.9 Å². The van der Waals surface area contributed by atoms with E-state index in [1.165, 1.54) is 16.7 Å². The summed E-state index contributed by atoms with van der Waals surface area (Å²) in [6, 6.07) is 59.5. The van der Waals surface area contributed by atoms with E-state index in [1.54, 1.807) is 19.2 Å². The molecule has 2 heterocycles. The Bertz CT molecular complexity index is 2270. The van der Waals surface area contributed by atoms with Gasteiger partial charge in [0.2, 0.25) is 0 Å². The molecule has 6 N–H and O–H groups in total. The molecule has 7 atom stereocenters. The molecule has 5 unspecified atom stereocenters. The van der Waals surface area contributed by atoms with Gasteiger partial charge in [0, 0.05) is 27.6 Å². The molecule has 80 heavy (non-hydrogen) atoms. The average molecular weight is 1160 g/mol. The van der Waals surface area contributed by atoms with Crippen molar-refractivity contribution in [3.8, 4) is 0 Å². The zero-order valence-corrected chi connectivity index (χ0v) is 50.9. The topological polar surface area (TPSA) is 160 Å². The zero-order chi connectivity index (χ0) is 60.8. The quantitative estimate of drug-likeness (QED) is 0.0328. The van der Waals surface area contributed by atoms with Crippen LogP contribution in [0.1, 0.15) is 93.2 Å². The van der Waals surface area contributed by atoms with Gasteiger partial charge in [-0.1, -0.05) is 201 Å². The summed E-state index contributed by atoms with van der Waals surface area (Å²) in [4.78, 5) is 11.0. The summed E-state index contributed by atoms with van der Waals surface area (Å²) in [7, 11) is 1.69. The number of methoxy groups -OCH3 is 1. The molecule has 14 heteroatoms. The van der Waals surface area contributed by atoms with Crippen molar-refractivity contribution in [1.29, 1.82) is 0 Å². The van der Waals surface area contributed by atoms with Crippen LogP contribution in [0.5, 0.6) is 0 Å². The van der Waals surface area contributed by atoms with Crippen LogP contribution in [0.4, 0.5) is 0 Å². The third-order valence-electron chi connectivity index (χ3n) is 10.5. The van der Waals surface area contributed by atoms with Gasteiger partial charge in [0.15, 0.2) is 11.8 Å². The summed E-state index contributed by atoms with van der Waals surface area (Å²) in [6.07, 6.45) is 1.34. The molecule has 8 rings (SSSR count). The van der Waals surface area contributed by atoms with Crippen LogP contribution in [0.25, 0.3) is 0 Å². The van der Waals surface area contributed by atoms with Gasteiger partial charge in [-0.15, -0.1) is 62.7 Å². The number of alkyl halides is 2. The minimum atomic E-state index is -0.781. The average Bonchev–Trinajstić information content (AvgIpc) is 4.12. The van der Waals surface area contributed by atoms with E-state index in [-0.39, 0.29) is 49.1 Å². The van der Waals surface area contributed by atoms with Gasteiger partial charge in [-0.2, -0.15) is 0 Å². The second-order valence-corrected chi connectivity index (χ2v) is 17.3. The van der Waals surface area contributed by atoms with Crippen LogP contribution in [0.15, 0.2) is 231 Å². The summed E-state index contributed by atoms with van der Waals surface area (Å²) in [5.74, 6) is 1.39. The summed E-state index contributed by atoms with van der Waals surface area (Å²) in [5, 5.41) is 27.5. The third kappa shape index (κ3) is 37.8. The fourth-order valence-corrected chi connectivity index (χ4v) is 6.79. The van der Waals surface area contributed by atoms with Gasteiger partial charge in [0.05, 0.1) is 37.3 Å². The summed E-state index contributed by atoms with van der Waals surface area (Å²) in [6.45, 7) is 33.0. The van der Waals surface area contributed by atoms with E-state index in [2.05, 4.69) is 148 Å². The first-order chi connectivity index (χ1) is 38.9. The Kier molecular flexibility index (Phi) is 53.8. The Morgan fingerprint density at radius 3 is 1.20 bits per heavy atom. The lowest BCUT2D eigenvalue weighted by molar-refractivity contribution is 0.0694. The highest BCUT2D eigenvalue weighted by molar-refractivity contribution is 6.40. The predicted molar refractivity (Wildman–Crippen MR) is 343 cm³/mol. The van der Waals surface area contributed by atoms with E-state index in [0.29, 0.717) is 19.1 Å². The second kappa shape index (κ2) is 55.0. The molecule has 0 fully saturated rings. The van der Waals surface area contributed by atoms with E-state index in [9.17, 15) is 5.11 Å². The Hall–Kier alpha value is -5.93. The highest BCUT2D eigenvalue weighted by Gasteiger charge is 2.31.